The Morgan fingerprint density at radius 2 is 2.04 bits per heavy atom. The van der Waals surface area contributed by atoms with Gasteiger partial charge in [0.1, 0.15) is 0 Å². The monoisotopic (exact) mass is 376 g/mol. The van der Waals surface area contributed by atoms with E-state index in [1.807, 2.05) is 13.0 Å². The van der Waals surface area contributed by atoms with E-state index in [4.69, 9.17) is 14.6 Å². The maximum absolute atomic E-state index is 10.6. The van der Waals surface area contributed by atoms with Gasteiger partial charge >= 0.3 is 12.1 Å². The number of anilines is 1. The number of rotatable bonds is 2. The lowest BCUT2D eigenvalue weighted by molar-refractivity contribution is -0.192. The fraction of sp³-hybridized carbons (Fsp3) is 0.429. The number of thiazole rings is 1. The smallest absolute Gasteiger partial charge is 0.475 e. The fourth-order valence-corrected chi connectivity index (χ4v) is 2.72. The van der Waals surface area contributed by atoms with Gasteiger partial charge in [0.05, 0.1) is 30.0 Å². The second-order valence-corrected chi connectivity index (χ2v) is 5.99. The lowest BCUT2D eigenvalue weighted by atomic mass is 10.2. The number of carboxylic acids is 1. The molecule has 1 unspecified atom stereocenters. The molecule has 2 aromatic heterocycles. The first-order valence-corrected chi connectivity index (χ1v) is 8.00. The van der Waals surface area contributed by atoms with E-state index in [9.17, 15) is 13.2 Å². The van der Waals surface area contributed by atoms with Crippen LogP contribution in [0.1, 0.15) is 16.7 Å². The number of morpholine rings is 1. The molecule has 7 nitrogen and oxygen atoms in total. The molecule has 0 bridgehead atoms. The van der Waals surface area contributed by atoms with Crippen LogP contribution in [0.4, 0.5) is 19.1 Å². The molecule has 1 atom stereocenters. The van der Waals surface area contributed by atoms with Gasteiger partial charge in [-0.1, -0.05) is 0 Å². The lowest BCUT2D eigenvalue weighted by Crippen LogP contribution is -2.40. The van der Waals surface area contributed by atoms with Gasteiger partial charge in [-0.25, -0.2) is 19.7 Å². The van der Waals surface area contributed by atoms with Crippen molar-refractivity contribution in [3.05, 3.63) is 34.5 Å². The molecule has 0 saturated carbocycles. The van der Waals surface area contributed by atoms with Crippen LogP contribution in [0.25, 0.3) is 0 Å². The second kappa shape index (κ2) is 8.21. The topological polar surface area (TPSA) is 88.4 Å². The normalized spacial score (nSPS) is 17.6. The van der Waals surface area contributed by atoms with Gasteiger partial charge in [-0.15, -0.1) is 11.3 Å². The SMILES string of the molecule is Cc1nc(C2COCCN2c2ncccn2)cs1.O=C(O)C(F)(F)F. The van der Waals surface area contributed by atoms with Crippen molar-refractivity contribution in [3.63, 3.8) is 0 Å². The summed E-state index contributed by atoms with van der Waals surface area (Å²) in [7, 11) is 0. The molecule has 0 amide bonds. The predicted octanol–water partition coefficient (Wildman–Crippen LogP) is 2.45. The average Bonchev–Trinajstić information content (AvgIpc) is 3.02. The second-order valence-electron chi connectivity index (χ2n) is 4.93. The molecule has 0 aliphatic carbocycles. The molecule has 1 aliphatic heterocycles. The first kappa shape index (κ1) is 19.1. The number of hydrogen-bond acceptors (Lipinski definition) is 7. The van der Waals surface area contributed by atoms with Crippen LogP contribution in [0.2, 0.25) is 0 Å². The van der Waals surface area contributed by atoms with Crippen molar-refractivity contribution in [2.45, 2.75) is 19.1 Å². The lowest BCUT2D eigenvalue weighted by Gasteiger charge is -2.34. The molecule has 3 rings (SSSR count). The first-order chi connectivity index (χ1) is 11.8. The molecule has 3 heterocycles. The maximum atomic E-state index is 10.6. The van der Waals surface area contributed by atoms with Crippen molar-refractivity contribution in [1.29, 1.82) is 0 Å². The Morgan fingerprint density at radius 3 is 2.56 bits per heavy atom. The van der Waals surface area contributed by atoms with Crippen molar-refractivity contribution < 1.29 is 27.8 Å². The molecular formula is C14H15F3N4O3S. The Morgan fingerprint density at radius 1 is 1.40 bits per heavy atom. The van der Waals surface area contributed by atoms with Crippen LogP contribution in [-0.2, 0) is 9.53 Å². The minimum Gasteiger partial charge on any atom is -0.475 e. The average molecular weight is 376 g/mol. The van der Waals surface area contributed by atoms with Gasteiger partial charge in [0.2, 0.25) is 5.95 Å². The Kier molecular flexibility index (Phi) is 6.26. The summed E-state index contributed by atoms with van der Waals surface area (Å²) < 4.78 is 37.3. The van der Waals surface area contributed by atoms with E-state index >= 15 is 0 Å². The van der Waals surface area contributed by atoms with Crippen molar-refractivity contribution in [3.8, 4) is 0 Å². The highest BCUT2D eigenvalue weighted by molar-refractivity contribution is 7.09. The molecule has 2 aromatic rings. The van der Waals surface area contributed by atoms with Gasteiger partial charge in [0, 0.05) is 24.3 Å². The number of carbonyl (C=O) groups is 1. The van der Waals surface area contributed by atoms with Crippen LogP contribution in [-0.4, -0.2) is 52.0 Å². The van der Waals surface area contributed by atoms with Crippen molar-refractivity contribution in [2.75, 3.05) is 24.7 Å². The summed E-state index contributed by atoms with van der Waals surface area (Å²) in [6.45, 7) is 4.16. The molecule has 1 fully saturated rings. The third-order valence-corrected chi connectivity index (χ3v) is 3.95. The number of ether oxygens (including phenoxy) is 1. The van der Waals surface area contributed by atoms with Crippen LogP contribution in [0.15, 0.2) is 23.8 Å². The van der Waals surface area contributed by atoms with E-state index in [0.717, 1.165) is 23.2 Å². The molecule has 1 aliphatic rings. The minimum absolute atomic E-state index is 0.117. The van der Waals surface area contributed by atoms with E-state index in [1.54, 1.807) is 23.7 Å². The number of carboxylic acid groups (broad SMARTS) is 1. The molecule has 1 saturated heterocycles. The summed E-state index contributed by atoms with van der Waals surface area (Å²) in [5, 5.41) is 10.3. The highest BCUT2D eigenvalue weighted by atomic mass is 32.1. The number of halogens is 3. The largest absolute Gasteiger partial charge is 0.490 e. The van der Waals surface area contributed by atoms with E-state index < -0.39 is 12.1 Å². The minimum atomic E-state index is -5.08. The highest BCUT2D eigenvalue weighted by Crippen LogP contribution is 2.27. The zero-order chi connectivity index (χ0) is 18.4. The van der Waals surface area contributed by atoms with Gasteiger partial charge in [0.15, 0.2) is 0 Å². The van der Waals surface area contributed by atoms with Crippen LogP contribution < -0.4 is 4.90 Å². The van der Waals surface area contributed by atoms with E-state index in [-0.39, 0.29) is 6.04 Å². The van der Waals surface area contributed by atoms with Gasteiger partial charge < -0.3 is 14.7 Å². The molecular weight excluding hydrogens is 361 g/mol. The van der Waals surface area contributed by atoms with Crippen LogP contribution in [0.5, 0.6) is 0 Å². The summed E-state index contributed by atoms with van der Waals surface area (Å²) in [6, 6.07) is 1.94. The van der Waals surface area contributed by atoms with E-state index in [0.29, 0.717) is 13.2 Å². The molecule has 25 heavy (non-hydrogen) atoms. The maximum Gasteiger partial charge on any atom is 0.490 e. The van der Waals surface area contributed by atoms with E-state index in [2.05, 4.69) is 25.2 Å². The molecule has 0 aromatic carbocycles. The summed E-state index contributed by atoms with van der Waals surface area (Å²) in [4.78, 5) is 24.3. The first-order valence-electron chi connectivity index (χ1n) is 7.12. The zero-order valence-corrected chi connectivity index (χ0v) is 13.9. The third-order valence-electron chi connectivity index (χ3n) is 3.16. The fourth-order valence-electron chi connectivity index (χ4n) is 2.06. The zero-order valence-electron chi connectivity index (χ0n) is 13.1. The summed E-state index contributed by atoms with van der Waals surface area (Å²) >= 11 is 1.66. The van der Waals surface area contributed by atoms with Crippen LogP contribution in [0.3, 0.4) is 0 Å². The molecule has 136 valence electrons. The van der Waals surface area contributed by atoms with Crippen molar-refractivity contribution >= 4 is 23.3 Å². The van der Waals surface area contributed by atoms with Gasteiger partial charge in [0.25, 0.3) is 0 Å². The molecule has 0 spiro atoms. The Labute approximate surface area is 145 Å². The predicted molar refractivity (Wildman–Crippen MR) is 83.5 cm³/mol. The van der Waals surface area contributed by atoms with Gasteiger partial charge in [-0.3, -0.25) is 0 Å². The highest BCUT2D eigenvalue weighted by Gasteiger charge is 2.38. The summed E-state index contributed by atoms with van der Waals surface area (Å²) in [5.74, 6) is -2.01. The van der Waals surface area contributed by atoms with Crippen molar-refractivity contribution in [2.24, 2.45) is 0 Å². The number of alkyl halides is 3. The van der Waals surface area contributed by atoms with Crippen LogP contribution in [0, 0.1) is 6.92 Å². The standard InChI is InChI=1S/C12H14N4OS.C2HF3O2/c1-9-15-10(8-18-9)11-7-17-6-5-16(11)12-13-3-2-4-14-12;3-2(4,5)1(6)7/h2-4,8,11H,5-7H2,1H3;(H,6,7). The van der Waals surface area contributed by atoms with Crippen LogP contribution >= 0.6 is 11.3 Å². The Hall–Kier alpha value is -2.27. The molecule has 0 radical (unpaired) electrons. The Balaban J connectivity index is 0.000000277. The number of nitrogens with zero attached hydrogens (tertiary/aromatic N) is 4. The number of aryl methyl sites for hydroxylation is 1. The van der Waals surface area contributed by atoms with E-state index in [1.165, 1.54) is 0 Å². The summed E-state index contributed by atoms with van der Waals surface area (Å²) in [5.41, 5.74) is 1.05. The molecule has 11 heteroatoms. The third kappa shape index (κ3) is 5.36. The van der Waals surface area contributed by atoms with Gasteiger partial charge in [-0.05, 0) is 13.0 Å². The quantitative estimate of drug-likeness (QED) is 0.861. The number of aliphatic carboxylic acids is 1. The number of hydrogen-bond donors (Lipinski definition) is 1. The Bertz CT molecular complexity index is 696. The molecule has 1 N–H and O–H groups in total. The van der Waals surface area contributed by atoms with Gasteiger partial charge in [-0.2, -0.15) is 13.2 Å². The van der Waals surface area contributed by atoms with Crippen molar-refractivity contribution in [1.82, 2.24) is 15.0 Å². The summed E-state index contributed by atoms with van der Waals surface area (Å²) in [6.07, 6.45) is -1.55. The number of aromatic nitrogens is 3.